The van der Waals surface area contributed by atoms with Gasteiger partial charge in [-0.05, 0) is 38.1 Å². The molecule has 0 bridgehead atoms. The molecule has 0 aliphatic carbocycles. The number of aromatic amines is 1. The van der Waals surface area contributed by atoms with Gasteiger partial charge in [0.2, 0.25) is 0 Å². The molecule has 0 spiro atoms. The first-order valence-electron chi connectivity index (χ1n) is 8.72. The highest BCUT2D eigenvalue weighted by Crippen LogP contribution is 2.25. The monoisotopic (exact) mass is 381 g/mol. The van der Waals surface area contributed by atoms with Crippen molar-refractivity contribution in [2.24, 2.45) is 7.05 Å². The van der Waals surface area contributed by atoms with Gasteiger partial charge in [-0.3, -0.25) is 30.2 Å². The molecule has 3 aromatic rings. The van der Waals surface area contributed by atoms with Gasteiger partial charge < -0.3 is 4.90 Å². The van der Waals surface area contributed by atoms with Crippen molar-refractivity contribution in [2.45, 2.75) is 13.8 Å². The predicted molar refractivity (Wildman–Crippen MR) is 106 cm³/mol. The van der Waals surface area contributed by atoms with E-state index in [0.29, 0.717) is 11.3 Å². The Morgan fingerprint density at radius 1 is 1.11 bits per heavy atom. The number of nitrogens with zero attached hydrogens (tertiary/aromatic N) is 4. The lowest BCUT2D eigenvalue weighted by atomic mass is 10.1. The molecule has 0 aliphatic heterocycles. The van der Waals surface area contributed by atoms with Gasteiger partial charge in [-0.2, -0.15) is 10.2 Å². The summed E-state index contributed by atoms with van der Waals surface area (Å²) in [5, 5.41) is 11.3. The second-order valence-corrected chi connectivity index (χ2v) is 6.69. The fourth-order valence-electron chi connectivity index (χ4n) is 2.89. The first-order valence-corrected chi connectivity index (χ1v) is 8.72. The van der Waals surface area contributed by atoms with Crippen molar-refractivity contribution in [3.8, 4) is 11.3 Å². The normalized spacial score (nSPS) is 10.6. The molecule has 146 valence electrons. The van der Waals surface area contributed by atoms with Crippen molar-refractivity contribution in [1.82, 2.24) is 30.8 Å². The van der Waals surface area contributed by atoms with E-state index in [0.717, 1.165) is 22.6 Å². The number of aromatic nitrogens is 4. The van der Waals surface area contributed by atoms with Crippen LogP contribution in [0.25, 0.3) is 11.3 Å². The summed E-state index contributed by atoms with van der Waals surface area (Å²) in [5.74, 6) is -0.897. The standard InChI is InChI=1S/C19H23N7O2/c1-11-17(12(2)26(5)24-11)15-10-16(21-20-15)19(28)23-22-18(27)13-7-6-8-14(9-13)25(3)4/h6-10H,1-5H3,(H,20,21)(H,22,27)(H,23,28). The lowest BCUT2D eigenvalue weighted by Gasteiger charge is -2.13. The average Bonchev–Trinajstić information content (AvgIpc) is 3.24. The van der Waals surface area contributed by atoms with E-state index in [1.165, 1.54) is 0 Å². The SMILES string of the molecule is Cc1nn(C)c(C)c1-c1cc(C(=O)NNC(=O)c2cccc(N(C)C)c2)[nH]n1. The van der Waals surface area contributed by atoms with Crippen molar-refractivity contribution >= 4 is 17.5 Å². The quantitative estimate of drug-likeness (QED) is 0.595. The summed E-state index contributed by atoms with van der Waals surface area (Å²) in [6.07, 6.45) is 0. The number of hydrazine groups is 1. The largest absolute Gasteiger partial charge is 0.378 e. The molecule has 3 N–H and O–H groups in total. The van der Waals surface area contributed by atoms with E-state index in [-0.39, 0.29) is 5.69 Å². The third kappa shape index (κ3) is 3.73. The van der Waals surface area contributed by atoms with Crippen molar-refractivity contribution < 1.29 is 9.59 Å². The van der Waals surface area contributed by atoms with E-state index in [1.54, 1.807) is 28.9 Å². The fraction of sp³-hybridized carbons (Fsp3) is 0.263. The molecule has 28 heavy (non-hydrogen) atoms. The number of amides is 2. The molecule has 0 saturated carbocycles. The fourth-order valence-corrected chi connectivity index (χ4v) is 2.89. The summed E-state index contributed by atoms with van der Waals surface area (Å²) in [6.45, 7) is 3.82. The molecule has 0 aliphatic rings. The number of hydrogen-bond donors (Lipinski definition) is 3. The molecule has 2 amide bonds. The van der Waals surface area contributed by atoms with Crippen molar-refractivity contribution in [2.75, 3.05) is 19.0 Å². The smallest absolute Gasteiger partial charge is 0.287 e. The van der Waals surface area contributed by atoms with Crippen LogP contribution in [0.3, 0.4) is 0 Å². The highest BCUT2D eigenvalue weighted by molar-refractivity contribution is 5.99. The van der Waals surface area contributed by atoms with Crippen LogP contribution in [0.4, 0.5) is 5.69 Å². The number of rotatable bonds is 4. The molecule has 1 aromatic carbocycles. The van der Waals surface area contributed by atoms with Crippen molar-refractivity contribution in [3.05, 3.63) is 53.0 Å². The van der Waals surface area contributed by atoms with Gasteiger partial charge in [0, 0.05) is 43.7 Å². The lowest BCUT2D eigenvalue weighted by Crippen LogP contribution is -2.41. The molecule has 0 radical (unpaired) electrons. The number of carbonyl (C=O) groups excluding carboxylic acids is 2. The van der Waals surface area contributed by atoms with Crippen LogP contribution in [-0.2, 0) is 7.05 Å². The molecule has 3 rings (SSSR count). The van der Waals surface area contributed by atoms with Gasteiger partial charge in [-0.1, -0.05) is 6.07 Å². The van der Waals surface area contributed by atoms with Gasteiger partial charge in [0.05, 0.1) is 11.4 Å². The zero-order valence-electron chi connectivity index (χ0n) is 16.5. The summed E-state index contributed by atoms with van der Waals surface area (Å²) in [6, 6.07) is 8.72. The molecule has 2 heterocycles. The minimum absolute atomic E-state index is 0.236. The Balaban J connectivity index is 1.68. The van der Waals surface area contributed by atoms with E-state index in [1.807, 2.05) is 46.0 Å². The van der Waals surface area contributed by atoms with Crippen LogP contribution in [0, 0.1) is 13.8 Å². The van der Waals surface area contributed by atoms with Gasteiger partial charge in [0.25, 0.3) is 11.8 Å². The lowest BCUT2D eigenvalue weighted by molar-refractivity contribution is 0.0844. The Morgan fingerprint density at radius 2 is 1.82 bits per heavy atom. The molecule has 0 fully saturated rings. The van der Waals surface area contributed by atoms with E-state index >= 15 is 0 Å². The molecular weight excluding hydrogens is 358 g/mol. The number of aryl methyl sites for hydroxylation is 2. The van der Waals surface area contributed by atoms with Gasteiger partial charge in [-0.15, -0.1) is 0 Å². The zero-order valence-corrected chi connectivity index (χ0v) is 16.5. The zero-order chi connectivity index (χ0) is 20.4. The predicted octanol–water partition coefficient (Wildman–Crippen LogP) is 1.57. The van der Waals surface area contributed by atoms with Crippen LogP contribution in [0.15, 0.2) is 30.3 Å². The Morgan fingerprint density at radius 3 is 2.46 bits per heavy atom. The molecule has 0 atom stereocenters. The van der Waals surface area contributed by atoms with E-state index in [2.05, 4.69) is 26.1 Å². The second kappa shape index (κ2) is 7.55. The highest BCUT2D eigenvalue weighted by atomic mass is 16.2. The van der Waals surface area contributed by atoms with E-state index in [4.69, 9.17) is 0 Å². The Hall–Kier alpha value is -3.62. The Labute approximate surface area is 162 Å². The summed E-state index contributed by atoms with van der Waals surface area (Å²) >= 11 is 0. The van der Waals surface area contributed by atoms with Crippen LogP contribution < -0.4 is 15.8 Å². The maximum absolute atomic E-state index is 12.3. The van der Waals surface area contributed by atoms with Gasteiger partial charge in [0.15, 0.2) is 0 Å². The first-order chi connectivity index (χ1) is 13.3. The number of nitrogens with one attached hydrogen (secondary N) is 3. The topological polar surface area (TPSA) is 108 Å². The van der Waals surface area contributed by atoms with Crippen LogP contribution in [0.1, 0.15) is 32.2 Å². The number of benzene rings is 1. The minimum atomic E-state index is -0.491. The van der Waals surface area contributed by atoms with Gasteiger partial charge in [-0.25, -0.2) is 0 Å². The Kier molecular flexibility index (Phi) is 5.16. The van der Waals surface area contributed by atoms with E-state index in [9.17, 15) is 9.59 Å². The van der Waals surface area contributed by atoms with Crippen LogP contribution in [0.5, 0.6) is 0 Å². The summed E-state index contributed by atoms with van der Waals surface area (Å²) in [7, 11) is 5.63. The maximum Gasteiger partial charge on any atom is 0.287 e. The average molecular weight is 381 g/mol. The molecule has 0 saturated heterocycles. The third-order valence-corrected chi connectivity index (χ3v) is 4.50. The van der Waals surface area contributed by atoms with Crippen LogP contribution in [0.2, 0.25) is 0 Å². The number of carbonyl (C=O) groups is 2. The third-order valence-electron chi connectivity index (χ3n) is 4.50. The Bertz CT molecular complexity index is 1030. The van der Waals surface area contributed by atoms with Crippen molar-refractivity contribution in [3.63, 3.8) is 0 Å². The van der Waals surface area contributed by atoms with Crippen LogP contribution >= 0.6 is 0 Å². The van der Waals surface area contributed by atoms with Crippen molar-refractivity contribution in [1.29, 1.82) is 0 Å². The van der Waals surface area contributed by atoms with Gasteiger partial charge in [0.1, 0.15) is 5.69 Å². The summed E-state index contributed by atoms with van der Waals surface area (Å²) in [5.41, 5.74) is 9.66. The molecule has 0 unspecified atom stereocenters. The number of hydrogen-bond acceptors (Lipinski definition) is 5. The minimum Gasteiger partial charge on any atom is -0.378 e. The summed E-state index contributed by atoms with van der Waals surface area (Å²) < 4.78 is 1.77. The maximum atomic E-state index is 12.3. The summed E-state index contributed by atoms with van der Waals surface area (Å²) in [4.78, 5) is 26.5. The highest BCUT2D eigenvalue weighted by Gasteiger charge is 2.17. The van der Waals surface area contributed by atoms with E-state index < -0.39 is 11.8 Å². The first kappa shape index (κ1) is 19.2. The molecule has 9 heteroatoms. The number of anilines is 1. The molecule has 9 nitrogen and oxygen atoms in total. The molecular formula is C19H23N7O2. The van der Waals surface area contributed by atoms with Gasteiger partial charge >= 0.3 is 0 Å². The molecule has 2 aromatic heterocycles. The van der Waals surface area contributed by atoms with Crippen LogP contribution in [-0.4, -0.2) is 45.9 Å². The number of H-pyrrole nitrogens is 1. The second-order valence-electron chi connectivity index (χ2n) is 6.69.